The van der Waals surface area contributed by atoms with Gasteiger partial charge in [-0.05, 0) is 6.07 Å². The number of benzene rings is 1. The minimum absolute atomic E-state index is 0.0255. The van der Waals surface area contributed by atoms with E-state index in [1.54, 1.807) is 18.9 Å². The van der Waals surface area contributed by atoms with E-state index in [2.05, 4.69) is 5.10 Å². The van der Waals surface area contributed by atoms with Gasteiger partial charge in [-0.3, -0.25) is 15.1 Å². The number of rotatable bonds is 0. The molecule has 0 aliphatic carbocycles. The maximum Gasteiger partial charge on any atom is 0.225 e. The normalized spacial score (nSPS) is 21.6. The molecule has 3 rings (SSSR count). The lowest BCUT2D eigenvalue weighted by Gasteiger charge is -2.29. The number of carbonyl (C=O) groups excluding carboxylic acids is 1. The number of nitrogens with one attached hydrogen (secondary N) is 1. The van der Waals surface area contributed by atoms with E-state index in [9.17, 15) is 4.79 Å². The number of nitrogens with zero attached hydrogens (tertiary/aromatic N) is 3. The average Bonchev–Trinajstić information content (AvgIpc) is 2.64. The molecule has 0 aromatic heterocycles. The van der Waals surface area contributed by atoms with Gasteiger partial charge in [0.25, 0.3) is 0 Å². The van der Waals surface area contributed by atoms with Gasteiger partial charge in [0.05, 0.1) is 5.69 Å². The van der Waals surface area contributed by atoms with Gasteiger partial charge in [0, 0.05) is 19.5 Å². The first-order valence-electron chi connectivity index (χ1n) is 5.56. The van der Waals surface area contributed by atoms with Crippen molar-refractivity contribution in [2.75, 3.05) is 11.9 Å². The molecule has 92 valence electrons. The molecule has 0 saturated carbocycles. The smallest absolute Gasteiger partial charge is 0.225 e. The Bertz CT molecular complexity index is 583. The Balaban J connectivity index is 2.19. The number of thioether (sulfide) groups is 1. The predicted octanol–water partition coefficient (Wildman–Crippen LogP) is 1.70. The summed E-state index contributed by atoms with van der Waals surface area (Å²) in [6.45, 7) is 1.54. The molecule has 1 aromatic carbocycles. The maximum atomic E-state index is 11.8. The lowest BCUT2D eigenvalue weighted by molar-refractivity contribution is -0.116. The van der Waals surface area contributed by atoms with Crippen molar-refractivity contribution >= 4 is 34.2 Å². The molecule has 1 atom stereocenters. The molecule has 1 unspecified atom stereocenters. The van der Waals surface area contributed by atoms with Crippen LogP contribution >= 0.6 is 11.8 Å². The minimum atomic E-state index is -0.205. The van der Waals surface area contributed by atoms with Crippen molar-refractivity contribution in [2.24, 2.45) is 5.10 Å². The van der Waals surface area contributed by atoms with Crippen LogP contribution in [0.1, 0.15) is 12.5 Å². The van der Waals surface area contributed by atoms with E-state index < -0.39 is 0 Å². The summed E-state index contributed by atoms with van der Waals surface area (Å²) in [6.07, 6.45) is 0. The van der Waals surface area contributed by atoms with E-state index in [1.807, 2.05) is 24.3 Å². The molecule has 18 heavy (non-hydrogen) atoms. The monoisotopic (exact) mass is 260 g/mol. The van der Waals surface area contributed by atoms with Crippen LogP contribution < -0.4 is 4.90 Å². The summed E-state index contributed by atoms with van der Waals surface area (Å²) in [5.41, 5.74) is 2.71. The number of hydrogen-bond donors (Lipinski definition) is 1. The summed E-state index contributed by atoms with van der Waals surface area (Å²) < 4.78 is 0. The van der Waals surface area contributed by atoms with Crippen LogP contribution in [0.25, 0.3) is 0 Å². The molecule has 1 N–H and O–H groups in total. The number of fused-ring (bicyclic) bond motifs is 3. The molecule has 2 aliphatic heterocycles. The van der Waals surface area contributed by atoms with Gasteiger partial charge in [0.15, 0.2) is 5.17 Å². The van der Waals surface area contributed by atoms with Crippen molar-refractivity contribution in [3.63, 3.8) is 0 Å². The second kappa shape index (κ2) is 3.84. The topological polar surface area (TPSA) is 59.8 Å². The minimum Gasteiger partial charge on any atom is -0.293 e. The SMILES string of the molecule is CC(=O)N1c2ccccc2C2=NN(C)C(=N)SC21. The number of hydrogen-bond acceptors (Lipinski definition) is 4. The third-order valence-electron chi connectivity index (χ3n) is 3.02. The van der Waals surface area contributed by atoms with E-state index in [0.717, 1.165) is 17.0 Å². The van der Waals surface area contributed by atoms with E-state index in [1.165, 1.54) is 16.8 Å². The van der Waals surface area contributed by atoms with Crippen molar-refractivity contribution in [3.8, 4) is 0 Å². The van der Waals surface area contributed by atoms with Gasteiger partial charge < -0.3 is 0 Å². The number of carbonyl (C=O) groups is 1. The lowest BCUT2D eigenvalue weighted by atomic mass is 10.1. The highest BCUT2D eigenvalue weighted by atomic mass is 32.2. The quantitative estimate of drug-likeness (QED) is 0.772. The Morgan fingerprint density at radius 2 is 2.17 bits per heavy atom. The molecule has 2 aliphatic rings. The second-order valence-corrected chi connectivity index (χ2v) is 5.26. The number of amides is 1. The molecule has 0 bridgehead atoms. The Kier molecular flexibility index (Phi) is 2.41. The van der Waals surface area contributed by atoms with E-state index in [0.29, 0.717) is 5.17 Å². The first-order valence-corrected chi connectivity index (χ1v) is 6.44. The van der Waals surface area contributed by atoms with Crippen LogP contribution in [0.2, 0.25) is 0 Å². The molecular weight excluding hydrogens is 248 g/mol. The van der Waals surface area contributed by atoms with Crippen molar-refractivity contribution in [2.45, 2.75) is 12.3 Å². The molecule has 0 spiro atoms. The van der Waals surface area contributed by atoms with E-state index in [4.69, 9.17) is 5.41 Å². The van der Waals surface area contributed by atoms with Gasteiger partial charge in [0.2, 0.25) is 5.91 Å². The second-order valence-electron chi connectivity index (χ2n) is 4.19. The number of para-hydroxylation sites is 1. The van der Waals surface area contributed by atoms with E-state index >= 15 is 0 Å². The fourth-order valence-corrected chi connectivity index (χ4v) is 3.28. The zero-order valence-electron chi connectivity index (χ0n) is 10.0. The third-order valence-corrected chi connectivity index (χ3v) is 4.17. The first-order chi connectivity index (χ1) is 8.59. The van der Waals surface area contributed by atoms with Gasteiger partial charge >= 0.3 is 0 Å². The highest BCUT2D eigenvalue weighted by Crippen LogP contribution is 2.40. The summed E-state index contributed by atoms with van der Waals surface area (Å²) in [7, 11) is 1.75. The van der Waals surface area contributed by atoms with Crippen LogP contribution in [-0.4, -0.2) is 34.2 Å². The zero-order chi connectivity index (χ0) is 12.9. The Labute approximate surface area is 109 Å². The van der Waals surface area contributed by atoms with Gasteiger partial charge in [0.1, 0.15) is 11.1 Å². The largest absolute Gasteiger partial charge is 0.293 e. The van der Waals surface area contributed by atoms with Crippen LogP contribution in [0, 0.1) is 5.41 Å². The third kappa shape index (κ3) is 1.45. The Morgan fingerprint density at radius 1 is 1.44 bits per heavy atom. The van der Waals surface area contributed by atoms with Crippen LogP contribution in [0.5, 0.6) is 0 Å². The van der Waals surface area contributed by atoms with Crippen LogP contribution in [0.3, 0.4) is 0 Å². The van der Waals surface area contributed by atoms with Crippen molar-refractivity contribution in [3.05, 3.63) is 29.8 Å². The molecule has 6 heteroatoms. The zero-order valence-corrected chi connectivity index (χ0v) is 10.9. The number of amidine groups is 1. The van der Waals surface area contributed by atoms with Gasteiger partial charge in [-0.1, -0.05) is 30.0 Å². The first kappa shape index (κ1) is 11.3. The molecule has 0 radical (unpaired) electrons. The summed E-state index contributed by atoms with van der Waals surface area (Å²) >= 11 is 1.34. The summed E-state index contributed by atoms with van der Waals surface area (Å²) in [4.78, 5) is 13.5. The molecule has 5 nitrogen and oxygen atoms in total. The maximum absolute atomic E-state index is 11.8. The van der Waals surface area contributed by atoms with Crippen LogP contribution in [0.4, 0.5) is 5.69 Å². The van der Waals surface area contributed by atoms with Gasteiger partial charge in [-0.2, -0.15) is 5.10 Å². The molecular formula is C12H12N4OS. The van der Waals surface area contributed by atoms with Gasteiger partial charge in [-0.15, -0.1) is 0 Å². The Hall–Kier alpha value is -1.82. The van der Waals surface area contributed by atoms with Crippen LogP contribution in [-0.2, 0) is 4.79 Å². The standard InChI is InChI=1S/C12H12N4OS/c1-7(17)16-9-6-4-3-5-8(9)10-11(16)18-12(13)15(2)14-10/h3-6,11,13H,1-2H3. The predicted molar refractivity (Wildman–Crippen MR) is 73.0 cm³/mol. The lowest BCUT2D eigenvalue weighted by Crippen LogP contribution is -2.42. The molecule has 0 saturated heterocycles. The highest BCUT2D eigenvalue weighted by Gasteiger charge is 2.41. The highest BCUT2D eigenvalue weighted by molar-refractivity contribution is 8.15. The molecule has 1 aromatic rings. The van der Waals surface area contributed by atoms with E-state index in [-0.39, 0.29) is 11.3 Å². The molecule has 0 fully saturated rings. The van der Waals surface area contributed by atoms with Crippen molar-refractivity contribution < 1.29 is 4.79 Å². The van der Waals surface area contributed by atoms with Gasteiger partial charge in [-0.25, -0.2) is 5.01 Å². The summed E-state index contributed by atoms with van der Waals surface area (Å²) in [5, 5.41) is 13.9. The average molecular weight is 260 g/mol. The molecule has 2 heterocycles. The molecule has 1 amide bonds. The van der Waals surface area contributed by atoms with Crippen LogP contribution in [0.15, 0.2) is 29.4 Å². The fourth-order valence-electron chi connectivity index (χ4n) is 2.22. The summed E-state index contributed by atoms with van der Waals surface area (Å²) in [6, 6.07) is 7.73. The Morgan fingerprint density at radius 3 is 2.89 bits per heavy atom. The number of hydrazone groups is 1. The van der Waals surface area contributed by atoms with Crippen molar-refractivity contribution in [1.29, 1.82) is 5.41 Å². The summed E-state index contributed by atoms with van der Waals surface area (Å²) in [5.74, 6) is -0.0255. The fraction of sp³-hybridized carbons (Fsp3) is 0.250. The van der Waals surface area contributed by atoms with Crippen molar-refractivity contribution in [1.82, 2.24) is 5.01 Å². The number of anilines is 1.